The van der Waals surface area contributed by atoms with E-state index in [9.17, 15) is 9.59 Å². The van der Waals surface area contributed by atoms with E-state index in [1.165, 1.54) is 23.9 Å². The average molecular weight is 319 g/mol. The molecule has 0 bridgehead atoms. The van der Waals surface area contributed by atoms with Crippen molar-refractivity contribution in [2.75, 3.05) is 13.1 Å². The molecule has 2 aliphatic rings. The number of carboxylic acid groups (broad SMARTS) is 1. The van der Waals surface area contributed by atoms with Crippen molar-refractivity contribution in [3.05, 3.63) is 18.0 Å². The van der Waals surface area contributed by atoms with Gasteiger partial charge in [0.2, 0.25) is 5.91 Å². The molecule has 0 radical (unpaired) electrons. The molecule has 1 amide bonds. The van der Waals surface area contributed by atoms with E-state index in [0.29, 0.717) is 5.91 Å². The highest BCUT2D eigenvalue weighted by Gasteiger charge is 2.31. The van der Waals surface area contributed by atoms with Crippen LogP contribution in [0, 0.1) is 5.92 Å². The van der Waals surface area contributed by atoms with Gasteiger partial charge < -0.3 is 10.0 Å². The maximum atomic E-state index is 12.7. The number of nitrogens with zero attached hydrogens (tertiary/aromatic N) is 3. The summed E-state index contributed by atoms with van der Waals surface area (Å²) < 4.78 is 1.46. The summed E-state index contributed by atoms with van der Waals surface area (Å²) >= 11 is 0. The van der Waals surface area contributed by atoms with E-state index in [4.69, 9.17) is 5.11 Å². The molecule has 1 unspecified atom stereocenters. The molecule has 0 spiro atoms. The topological polar surface area (TPSA) is 75.4 Å². The molecule has 126 valence electrons. The van der Waals surface area contributed by atoms with Crippen LogP contribution in [0.2, 0.25) is 0 Å². The standard InChI is InChI=1S/C17H25N3O3/c21-16(22)12-20-10-8-15(18-20)14-7-4-9-19(11-14)17(23)13-5-2-1-3-6-13/h8,10,13-14H,1-7,9,11-12H2,(H,21,22). The molecule has 1 aliphatic heterocycles. The van der Waals surface area contributed by atoms with Crippen LogP contribution in [-0.2, 0) is 16.1 Å². The molecular weight excluding hydrogens is 294 g/mol. The molecule has 1 aromatic rings. The molecule has 6 heteroatoms. The minimum Gasteiger partial charge on any atom is -0.480 e. The number of rotatable bonds is 4. The Morgan fingerprint density at radius 1 is 1.17 bits per heavy atom. The predicted octanol–water partition coefficient (Wildman–Crippen LogP) is 2.25. The first kappa shape index (κ1) is 16.0. The van der Waals surface area contributed by atoms with Crippen molar-refractivity contribution < 1.29 is 14.7 Å². The van der Waals surface area contributed by atoms with Crippen LogP contribution >= 0.6 is 0 Å². The molecule has 23 heavy (non-hydrogen) atoms. The van der Waals surface area contributed by atoms with Gasteiger partial charge in [-0.25, -0.2) is 0 Å². The van der Waals surface area contributed by atoms with Crippen LogP contribution < -0.4 is 0 Å². The highest BCUT2D eigenvalue weighted by Crippen LogP contribution is 2.30. The van der Waals surface area contributed by atoms with Crippen LogP contribution in [0.4, 0.5) is 0 Å². The van der Waals surface area contributed by atoms with E-state index in [2.05, 4.69) is 5.10 Å². The number of carbonyl (C=O) groups is 2. The van der Waals surface area contributed by atoms with E-state index in [-0.39, 0.29) is 18.4 Å². The summed E-state index contributed by atoms with van der Waals surface area (Å²) in [5, 5.41) is 13.2. The van der Waals surface area contributed by atoms with Gasteiger partial charge in [0.15, 0.2) is 0 Å². The molecule has 1 N–H and O–H groups in total. The Kier molecular flexibility index (Phi) is 4.98. The van der Waals surface area contributed by atoms with E-state index in [1.54, 1.807) is 6.20 Å². The van der Waals surface area contributed by atoms with Gasteiger partial charge in [-0.3, -0.25) is 14.3 Å². The lowest BCUT2D eigenvalue weighted by molar-refractivity contribution is -0.138. The normalized spacial score (nSPS) is 23.0. The van der Waals surface area contributed by atoms with Crippen LogP contribution in [0.15, 0.2) is 12.3 Å². The summed E-state index contributed by atoms with van der Waals surface area (Å²) in [6, 6.07) is 1.89. The van der Waals surface area contributed by atoms with Crippen molar-refractivity contribution in [2.45, 2.75) is 57.4 Å². The molecule has 2 heterocycles. The van der Waals surface area contributed by atoms with Gasteiger partial charge in [0, 0.05) is 31.1 Å². The lowest BCUT2D eigenvalue weighted by Crippen LogP contribution is -2.42. The summed E-state index contributed by atoms with van der Waals surface area (Å²) in [5.41, 5.74) is 0.910. The van der Waals surface area contributed by atoms with Crippen molar-refractivity contribution in [1.29, 1.82) is 0 Å². The van der Waals surface area contributed by atoms with Crippen molar-refractivity contribution >= 4 is 11.9 Å². The Labute approximate surface area is 136 Å². The fraction of sp³-hybridized carbons (Fsp3) is 0.706. The fourth-order valence-corrected chi connectivity index (χ4v) is 3.85. The summed E-state index contributed by atoms with van der Waals surface area (Å²) in [6.07, 6.45) is 9.40. The van der Waals surface area contributed by atoms with Crippen LogP contribution in [0.1, 0.15) is 56.6 Å². The zero-order chi connectivity index (χ0) is 16.2. The molecule has 3 rings (SSSR count). The molecule has 1 aliphatic carbocycles. The van der Waals surface area contributed by atoms with Crippen LogP contribution in [0.3, 0.4) is 0 Å². The molecular formula is C17H25N3O3. The van der Waals surface area contributed by atoms with Gasteiger partial charge in [0.25, 0.3) is 0 Å². The number of piperidine rings is 1. The van der Waals surface area contributed by atoms with Crippen LogP contribution in [-0.4, -0.2) is 44.8 Å². The number of amides is 1. The van der Waals surface area contributed by atoms with Crippen molar-refractivity contribution in [3.63, 3.8) is 0 Å². The lowest BCUT2D eigenvalue weighted by atomic mass is 9.87. The highest BCUT2D eigenvalue weighted by atomic mass is 16.4. The molecule has 1 saturated carbocycles. The SMILES string of the molecule is O=C(O)Cn1ccc(C2CCCN(C(=O)C3CCCCC3)C2)n1. The second-order valence-electron chi connectivity index (χ2n) is 6.79. The van der Waals surface area contributed by atoms with Gasteiger partial charge in [-0.2, -0.15) is 5.10 Å². The van der Waals surface area contributed by atoms with E-state index in [0.717, 1.165) is 44.5 Å². The minimum absolute atomic E-state index is 0.114. The summed E-state index contributed by atoms with van der Waals surface area (Å²) in [6.45, 7) is 1.46. The molecule has 6 nitrogen and oxygen atoms in total. The van der Waals surface area contributed by atoms with E-state index >= 15 is 0 Å². The molecule has 1 aromatic heterocycles. The maximum Gasteiger partial charge on any atom is 0.325 e. The quantitative estimate of drug-likeness (QED) is 0.923. The van der Waals surface area contributed by atoms with Crippen LogP contribution in [0.5, 0.6) is 0 Å². The number of carboxylic acids is 1. The summed E-state index contributed by atoms with van der Waals surface area (Å²) in [4.78, 5) is 25.5. The Balaban J connectivity index is 1.62. The second-order valence-corrected chi connectivity index (χ2v) is 6.79. The van der Waals surface area contributed by atoms with Crippen molar-refractivity contribution in [3.8, 4) is 0 Å². The first-order valence-electron chi connectivity index (χ1n) is 8.67. The predicted molar refractivity (Wildman–Crippen MR) is 85.0 cm³/mol. The maximum absolute atomic E-state index is 12.7. The zero-order valence-electron chi connectivity index (χ0n) is 13.5. The minimum atomic E-state index is -0.891. The van der Waals surface area contributed by atoms with Gasteiger partial charge in [-0.05, 0) is 31.7 Å². The fourth-order valence-electron chi connectivity index (χ4n) is 3.85. The number of likely N-dealkylation sites (tertiary alicyclic amines) is 1. The monoisotopic (exact) mass is 319 g/mol. The Hall–Kier alpha value is -1.85. The highest BCUT2D eigenvalue weighted by molar-refractivity contribution is 5.79. The number of aromatic nitrogens is 2. The molecule has 2 fully saturated rings. The summed E-state index contributed by atoms with van der Waals surface area (Å²) in [5.74, 6) is -0.129. The summed E-state index contributed by atoms with van der Waals surface area (Å²) in [7, 11) is 0. The third kappa shape index (κ3) is 3.92. The zero-order valence-corrected chi connectivity index (χ0v) is 13.5. The van der Waals surface area contributed by atoms with E-state index in [1.807, 2.05) is 11.0 Å². The Morgan fingerprint density at radius 2 is 1.96 bits per heavy atom. The van der Waals surface area contributed by atoms with Gasteiger partial charge in [-0.15, -0.1) is 0 Å². The molecule has 1 atom stereocenters. The second kappa shape index (κ2) is 7.15. The third-order valence-electron chi connectivity index (χ3n) is 5.06. The lowest BCUT2D eigenvalue weighted by Gasteiger charge is -2.35. The molecule has 1 saturated heterocycles. The van der Waals surface area contributed by atoms with Crippen molar-refractivity contribution in [1.82, 2.24) is 14.7 Å². The van der Waals surface area contributed by atoms with Gasteiger partial charge in [0.1, 0.15) is 6.54 Å². The Morgan fingerprint density at radius 3 is 2.70 bits per heavy atom. The van der Waals surface area contributed by atoms with Gasteiger partial charge in [0.05, 0.1) is 5.69 Å². The van der Waals surface area contributed by atoms with Gasteiger partial charge in [-0.1, -0.05) is 19.3 Å². The first-order valence-corrected chi connectivity index (χ1v) is 8.67. The first-order chi connectivity index (χ1) is 11.1. The largest absolute Gasteiger partial charge is 0.480 e. The number of hydrogen-bond donors (Lipinski definition) is 1. The average Bonchev–Trinajstić information content (AvgIpc) is 3.03. The number of aliphatic carboxylic acids is 1. The number of hydrogen-bond acceptors (Lipinski definition) is 3. The third-order valence-corrected chi connectivity index (χ3v) is 5.06. The van der Waals surface area contributed by atoms with Crippen molar-refractivity contribution in [2.24, 2.45) is 5.92 Å². The molecule has 0 aromatic carbocycles. The smallest absolute Gasteiger partial charge is 0.325 e. The Bertz CT molecular complexity index is 563. The van der Waals surface area contributed by atoms with Gasteiger partial charge >= 0.3 is 5.97 Å². The van der Waals surface area contributed by atoms with E-state index < -0.39 is 5.97 Å². The number of carbonyl (C=O) groups excluding carboxylic acids is 1. The van der Waals surface area contributed by atoms with Crippen LogP contribution in [0.25, 0.3) is 0 Å².